The van der Waals surface area contributed by atoms with E-state index in [2.05, 4.69) is 12.6 Å². The fourth-order valence-corrected chi connectivity index (χ4v) is 1.74. The minimum atomic E-state index is -0.806. The van der Waals surface area contributed by atoms with E-state index in [9.17, 15) is 8.78 Å². The molecule has 0 spiro atoms. The molecule has 1 aromatic rings. The van der Waals surface area contributed by atoms with Gasteiger partial charge in [-0.2, -0.15) is 4.39 Å². The first-order valence-corrected chi connectivity index (χ1v) is 5.85. The van der Waals surface area contributed by atoms with E-state index in [1.807, 2.05) is 18.7 Å². The number of hydrogen-bond donors (Lipinski definition) is 2. The van der Waals surface area contributed by atoms with Crippen molar-refractivity contribution in [1.82, 2.24) is 0 Å². The van der Waals surface area contributed by atoms with Crippen molar-refractivity contribution in [3.63, 3.8) is 0 Å². The van der Waals surface area contributed by atoms with E-state index in [-0.39, 0.29) is 5.70 Å². The van der Waals surface area contributed by atoms with Crippen LogP contribution < -0.4 is 10.6 Å². The summed E-state index contributed by atoms with van der Waals surface area (Å²) in [6, 6.07) is 4.40. The van der Waals surface area contributed by atoms with Crippen molar-refractivity contribution in [3.8, 4) is 0 Å². The zero-order valence-corrected chi connectivity index (χ0v) is 10.8. The molecule has 0 fully saturated rings. The summed E-state index contributed by atoms with van der Waals surface area (Å²) in [5, 5.41) is -0.806. The maximum Gasteiger partial charge on any atom is 0.177 e. The van der Waals surface area contributed by atoms with Gasteiger partial charge >= 0.3 is 0 Å². The average molecular weight is 258 g/mol. The average Bonchev–Trinajstić information content (AvgIpc) is 2.31. The van der Waals surface area contributed by atoms with Crippen molar-refractivity contribution in [2.24, 2.45) is 5.73 Å². The van der Waals surface area contributed by atoms with Gasteiger partial charge in [-0.15, -0.1) is 12.6 Å². The molecule has 0 saturated carbocycles. The van der Waals surface area contributed by atoms with E-state index in [0.29, 0.717) is 24.3 Å². The summed E-state index contributed by atoms with van der Waals surface area (Å²) >= 11 is 3.50. The van der Waals surface area contributed by atoms with Crippen LogP contribution in [-0.2, 0) is 0 Å². The molecule has 1 rings (SSSR count). The lowest BCUT2D eigenvalue weighted by Crippen LogP contribution is -2.23. The van der Waals surface area contributed by atoms with Gasteiger partial charge in [0.25, 0.3) is 0 Å². The number of halogens is 2. The van der Waals surface area contributed by atoms with Gasteiger partial charge in [-0.1, -0.05) is 6.07 Å². The van der Waals surface area contributed by atoms with Crippen LogP contribution in [0.4, 0.5) is 14.5 Å². The molecular weight excluding hydrogens is 242 g/mol. The summed E-state index contributed by atoms with van der Waals surface area (Å²) in [6.45, 7) is 5.30. The molecule has 1 aromatic carbocycles. The molecule has 0 radical (unpaired) electrons. The highest BCUT2D eigenvalue weighted by molar-refractivity contribution is 7.84. The molecule has 0 aliphatic carbocycles. The highest BCUT2D eigenvalue weighted by atomic mass is 32.1. The molecule has 17 heavy (non-hydrogen) atoms. The predicted octanol–water partition coefficient (Wildman–Crippen LogP) is 3.16. The first-order chi connectivity index (χ1) is 8.01. The molecule has 0 heterocycles. The van der Waals surface area contributed by atoms with E-state index in [0.717, 1.165) is 0 Å². The van der Waals surface area contributed by atoms with Crippen molar-refractivity contribution in [2.45, 2.75) is 13.8 Å². The minimum Gasteiger partial charge on any atom is -0.395 e. The lowest BCUT2D eigenvalue weighted by Gasteiger charge is -2.21. The van der Waals surface area contributed by atoms with Crippen LogP contribution in [0.15, 0.2) is 23.4 Å². The Balaban J connectivity index is 3.14. The maximum atomic E-state index is 13.8. The van der Waals surface area contributed by atoms with E-state index in [1.165, 1.54) is 6.07 Å². The third-order valence-corrected chi connectivity index (χ3v) is 2.83. The van der Waals surface area contributed by atoms with Crippen LogP contribution in [0.2, 0.25) is 0 Å². The molecular formula is C12H16F2N2S. The molecule has 5 heteroatoms. The summed E-state index contributed by atoms with van der Waals surface area (Å²) in [4.78, 5) is 1.87. The van der Waals surface area contributed by atoms with Crippen LogP contribution in [-0.4, -0.2) is 13.1 Å². The molecule has 0 atom stereocenters. The van der Waals surface area contributed by atoms with Crippen molar-refractivity contribution >= 4 is 24.0 Å². The third-order valence-electron chi connectivity index (χ3n) is 2.59. The van der Waals surface area contributed by atoms with Crippen LogP contribution in [0.5, 0.6) is 0 Å². The summed E-state index contributed by atoms with van der Waals surface area (Å²) in [5.41, 5.74) is 6.08. The van der Waals surface area contributed by atoms with E-state index in [4.69, 9.17) is 5.73 Å². The van der Waals surface area contributed by atoms with E-state index in [1.54, 1.807) is 12.1 Å². The van der Waals surface area contributed by atoms with Gasteiger partial charge in [0.15, 0.2) is 5.16 Å². The number of thiol groups is 1. The predicted molar refractivity (Wildman–Crippen MR) is 71.2 cm³/mol. The second-order valence-corrected chi connectivity index (χ2v) is 3.94. The number of nitrogens with two attached hydrogens (primary N) is 1. The molecule has 2 N–H and O–H groups in total. The smallest absolute Gasteiger partial charge is 0.177 e. The Hall–Kier alpha value is -1.23. The molecule has 0 saturated heterocycles. The molecule has 0 unspecified atom stereocenters. The number of benzene rings is 1. The number of hydrogen-bond acceptors (Lipinski definition) is 3. The van der Waals surface area contributed by atoms with Crippen LogP contribution in [0.25, 0.3) is 5.70 Å². The molecule has 0 bridgehead atoms. The first-order valence-electron chi connectivity index (χ1n) is 5.40. The Morgan fingerprint density at radius 3 is 2.35 bits per heavy atom. The quantitative estimate of drug-likeness (QED) is 0.812. The molecule has 0 aliphatic rings. The van der Waals surface area contributed by atoms with Gasteiger partial charge in [-0.25, -0.2) is 4.39 Å². The van der Waals surface area contributed by atoms with Crippen LogP contribution in [0.3, 0.4) is 0 Å². The van der Waals surface area contributed by atoms with Crippen molar-refractivity contribution < 1.29 is 8.78 Å². The highest BCUT2D eigenvalue weighted by Gasteiger charge is 2.11. The molecule has 0 amide bonds. The van der Waals surface area contributed by atoms with Crippen LogP contribution in [0.1, 0.15) is 19.4 Å². The van der Waals surface area contributed by atoms with Gasteiger partial charge < -0.3 is 10.6 Å². The zero-order valence-electron chi connectivity index (χ0n) is 9.87. The topological polar surface area (TPSA) is 29.3 Å². The van der Waals surface area contributed by atoms with E-state index >= 15 is 0 Å². The molecule has 0 aliphatic heterocycles. The van der Waals surface area contributed by atoms with Gasteiger partial charge in [0.2, 0.25) is 0 Å². The molecule has 2 nitrogen and oxygen atoms in total. The highest BCUT2D eigenvalue weighted by Crippen LogP contribution is 2.24. The Morgan fingerprint density at radius 2 is 1.94 bits per heavy atom. The number of nitrogens with zero attached hydrogens (tertiary/aromatic N) is 1. The standard InChI is InChI=1S/C12H16F2N2S/c1-3-16(4-2)10-6-5-8(7-9(10)13)11(15)12(14)17/h5-7,17H,3-4,15H2,1-2H3/b12-11-. The maximum absolute atomic E-state index is 13.8. The van der Waals surface area contributed by atoms with Gasteiger partial charge in [0.1, 0.15) is 5.82 Å². The fourth-order valence-electron chi connectivity index (χ4n) is 1.61. The molecule has 0 aromatic heterocycles. The Morgan fingerprint density at radius 1 is 1.35 bits per heavy atom. The second kappa shape index (κ2) is 5.91. The minimum absolute atomic E-state index is 0.154. The van der Waals surface area contributed by atoms with E-state index < -0.39 is 11.0 Å². The zero-order chi connectivity index (χ0) is 13.0. The molecule has 94 valence electrons. The van der Waals surface area contributed by atoms with Gasteiger partial charge in [0, 0.05) is 18.7 Å². The fraction of sp³-hybridized carbons (Fsp3) is 0.333. The largest absolute Gasteiger partial charge is 0.395 e. The summed E-state index contributed by atoms with van der Waals surface area (Å²) < 4.78 is 26.6. The van der Waals surface area contributed by atoms with Gasteiger partial charge in [-0.05, 0) is 26.0 Å². The van der Waals surface area contributed by atoms with Crippen LogP contribution >= 0.6 is 12.6 Å². The lowest BCUT2D eigenvalue weighted by atomic mass is 10.1. The summed E-state index contributed by atoms with van der Waals surface area (Å²) in [6.07, 6.45) is 0. The SMILES string of the molecule is CCN(CC)c1ccc(/C(N)=C(\F)S)cc1F. The summed E-state index contributed by atoms with van der Waals surface area (Å²) in [7, 11) is 0. The second-order valence-electron chi connectivity index (χ2n) is 3.54. The Kier molecular flexibility index (Phi) is 4.81. The normalized spacial score (nSPS) is 12.3. The number of anilines is 1. The third kappa shape index (κ3) is 3.12. The Labute approximate surface area is 106 Å². The van der Waals surface area contributed by atoms with Crippen molar-refractivity contribution in [3.05, 3.63) is 34.7 Å². The monoisotopic (exact) mass is 258 g/mol. The lowest BCUT2D eigenvalue weighted by molar-refractivity contribution is 0.619. The van der Waals surface area contributed by atoms with Crippen LogP contribution in [0, 0.1) is 5.82 Å². The first kappa shape index (κ1) is 13.8. The summed E-state index contributed by atoms with van der Waals surface area (Å²) in [5.74, 6) is -0.413. The Bertz CT molecular complexity index is 425. The van der Waals surface area contributed by atoms with Gasteiger partial charge in [-0.3, -0.25) is 0 Å². The van der Waals surface area contributed by atoms with Crippen molar-refractivity contribution in [1.29, 1.82) is 0 Å². The number of rotatable bonds is 4. The van der Waals surface area contributed by atoms with Gasteiger partial charge in [0.05, 0.1) is 11.4 Å². The van der Waals surface area contributed by atoms with Crippen molar-refractivity contribution in [2.75, 3.05) is 18.0 Å².